The molecule has 19 heavy (non-hydrogen) atoms. The van der Waals surface area contributed by atoms with Crippen molar-refractivity contribution in [2.75, 3.05) is 26.8 Å². The minimum atomic E-state index is 0.0711. The van der Waals surface area contributed by atoms with Crippen molar-refractivity contribution in [3.8, 4) is 0 Å². The Morgan fingerprint density at radius 2 is 2.16 bits per heavy atom. The van der Waals surface area contributed by atoms with Crippen molar-refractivity contribution in [2.45, 2.75) is 19.4 Å². The molecule has 1 fully saturated rings. The van der Waals surface area contributed by atoms with E-state index in [4.69, 9.17) is 10.5 Å². The van der Waals surface area contributed by atoms with Crippen LogP contribution in [-0.4, -0.2) is 37.6 Å². The molecule has 0 atom stereocenters. The summed E-state index contributed by atoms with van der Waals surface area (Å²) < 4.78 is 5.34. The Morgan fingerprint density at radius 3 is 2.84 bits per heavy atom. The lowest BCUT2D eigenvalue weighted by Gasteiger charge is -2.27. The zero-order valence-electron chi connectivity index (χ0n) is 11.5. The molecule has 1 saturated heterocycles. The lowest BCUT2D eigenvalue weighted by molar-refractivity contribution is 0.0497. The van der Waals surface area contributed by atoms with E-state index in [1.165, 1.54) is 0 Å². The highest BCUT2D eigenvalue weighted by Gasteiger charge is 2.19. The number of ether oxygens (including phenoxy) is 1. The van der Waals surface area contributed by atoms with Crippen LogP contribution in [0.5, 0.6) is 0 Å². The quantitative estimate of drug-likeness (QED) is 0.897. The van der Waals surface area contributed by atoms with Gasteiger partial charge < -0.3 is 15.4 Å². The lowest BCUT2D eigenvalue weighted by Crippen LogP contribution is -2.34. The minimum Gasteiger partial charge on any atom is -0.381 e. The molecule has 2 N–H and O–H groups in total. The molecule has 1 aliphatic heterocycles. The summed E-state index contributed by atoms with van der Waals surface area (Å²) in [6, 6.07) is 7.55. The number of nitrogens with zero attached hydrogens (tertiary/aromatic N) is 1. The van der Waals surface area contributed by atoms with Crippen molar-refractivity contribution < 1.29 is 9.53 Å². The van der Waals surface area contributed by atoms with Crippen LogP contribution in [0.1, 0.15) is 28.8 Å². The second-order valence-corrected chi connectivity index (χ2v) is 5.15. The zero-order valence-corrected chi connectivity index (χ0v) is 11.5. The topological polar surface area (TPSA) is 55.6 Å². The third-order valence-corrected chi connectivity index (χ3v) is 3.63. The van der Waals surface area contributed by atoms with E-state index in [1.807, 2.05) is 36.2 Å². The number of carbonyl (C=O) groups excluding carboxylic acids is 1. The molecule has 0 bridgehead atoms. The second-order valence-electron chi connectivity index (χ2n) is 5.15. The van der Waals surface area contributed by atoms with Gasteiger partial charge in [-0.15, -0.1) is 0 Å². The van der Waals surface area contributed by atoms with E-state index in [0.29, 0.717) is 12.5 Å². The van der Waals surface area contributed by atoms with Gasteiger partial charge in [0.1, 0.15) is 0 Å². The maximum absolute atomic E-state index is 12.3. The Balaban J connectivity index is 1.97. The smallest absolute Gasteiger partial charge is 0.253 e. The van der Waals surface area contributed by atoms with E-state index >= 15 is 0 Å². The summed E-state index contributed by atoms with van der Waals surface area (Å²) in [6.45, 7) is 2.89. The van der Waals surface area contributed by atoms with Crippen molar-refractivity contribution in [1.82, 2.24) is 4.90 Å². The van der Waals surface area contributed by atoms with Crippen LogP contribution in [0, 0.1) is 5.92 Å². The number of benzene rings is 1. The number of rotatable bonds is 4. The Labute approximate surface area is 114 Å². The van der Waals surface area contributed by atoms with Gasteiger partial charge in [0, 0.05) is 38.9 Å². The summed E-state index contributed by atoms with van der Waals surface area (Å²) in [5.74, 6) is 0.627. The fourth-order valence-corrected chi connectivity index (χ4v) is 2.45. The summed E-state index contributed by atoms with van der Waals surface area (Å²) in [7, 11) is 1.87. The Morgan fingerprint density at radius 1 is 1.42 bits per heavy atom. The largest absolute Gasteiger partial charge is 0.381 e. The molecule has 104 valence electrons. The molecule has 0 aromatic heterocycles. The van der Waals surface area contributed by atoms with Gasteiger partial charge in [-0.05, 0) is 36.5 Å². The maximum Gasteiger partial charge on any atom is 0.253 e. The average Bonchev–Trinajstić information content (AvgIpc) is 2.47. The molecule has 4 nitrogen and oxygen atoms in total. The third-order valence-electron chi connectivity index (χ3n) is 3.63. The van der Waals surface area contributed by atoms with Crippen LogP contribution >= 0.6 is 0 Å². The van der Waals surface area contributed by atoms with Crippen LogP contribution < -0.4 is 5.73 Å². The Kier molecular flexibility index (Phi) is 4.93. The van der Waals surface area contributed by atoms with E-state index in [1.54, 1.807) is 0 Å². The molecule has 0 saturated carbocycles. The summed E-state index contributed by atoms with van der Waals surface area (Å²) >= 11 is 0. The van der Waals surface area contributed by atoms with E-state index in [0.717, 1.165) is 43.7 Å². The highest BCUT2D eigenvalue weighted by Crippen LogP contribution is 2.17. The Bertz CT molecular complexity index is 428. The van der Waals surface area contributed by atoms with Crippen molar-refractivity contribution in [3.63, 3.8) is 0 Å². The zero-order chi connectivity index (χ0) is 13.7. The van der Waals surface area contributed by atoms with Gasteiger partial charge >= 0.3 is 0 Å². The lowest BCUT2D eigenvalue weighted by atomic mass is 9.99. The molecule has 1 aromatic rings. The molecule has 1 heterocycles. The van der Waals surface area contributed by atoms with Crippen molar-refractivity contribution >= 4 is 5.91 Å². The predicted octanol–water partition coefficient (Wildman–Crippen LogP) is 1.64. The number of amides is 1. The molecular weight excluding hydrogens is 240 g/mol. The monoisotopic (exact) mass is 262 g/mol. The molecule has 1 amide bonds. The van der Waals surface area contributed by atoms with Crippen LogP contribution in [-0.2, 0) is 11.3 Å². The Hall–Kier alpha value is -1.39. The predicted molar refractivity (Wildman–Crippen MR) is 74.8 cm³/mol. The van der Waals surface area contributed by atoms with Gasteiger partial charge in [0.25, 0.3) is 5.91 Å². The first-order valence-electron chi connectivity index (χ1n) is 6.83. The average molecular weight is 262 g/mol. The highest BCUT2D eigenvalue weighted by molar-refractivity contribution is 5.94. The minimum absolute atomic E-state index is 0.0711. The molecule has 0 unspecified atom stereocenters. The first-order valence-corrected chi connectivity index (χ1v) is 6.83. The van der Waals surface area contributed by atoms with Crippen LogP contribution in [0.3, 0.4) is 0 Å². The molecule has 0 radical (unpaired) electrons. The molecule has 2 rings (SSSR count). The van der Waals surface area contributed by atoms with E-state index in [2.05, 4.69) is 0 Å². The van der Waals surface area contributed by atoms with Gasteiger partial charge in [-0.1, -0.05) is 12.1 Å². The van der Waals surface area contributed by atoms with Gasteiger partial charge in [0.05, 0.1) is 0 Å². The SMILES string of the molecule is CN(CC1CCOCC1)C(=O)c1cccc(CN)c1. The summed E-state index contributed by atoms with van der Waals surface area (Å²) in [6.07, 6.45) is 2.08. The first-order chi connectivity index (χ1) is 9.20. The molecular formula is C15H22N2O2. The summed E-state index contributed by atoms with van der Waals surface area (Å²) in [5, 5.41) is 0. The molecule has 1 aliphatic rings. The molecule has 0 spiro atoms. The van der Waals surface area contributed by atoms with Crippen molar-refractivity contribution in [2.24, 2.45) is 11.7 Å². The van der Waals surface area contributed by atoms with Crippen LogP contribution in [0.2, 0.25) is 0 Å². The fourth-order valence-electron chi connectivity index (χ4n) is 2.45. The van der Waals surface area contributed by atoms with Gasteiger partial charge in [-0.3, -0.25) is 4.79 Å². The van der Waals surface area contributed by atoms with Crippen LogP contribution in [0.25, 0.3) is 0 Å². The van der Waals surface area contributed by atoms with Crippen LogP contribution in [0.4, 0.5) is 0 Å². The standard InChI is InChI=1S/C15H22N2O2/c1-17(11-12-5-7-19-8-6-12)15(18)14-4-2-3-13(9-14)10-16/h2-4,9,12H,5-8,10-11,16H2,1H3. The van der Waals surface area contributed by atoms with Crippen molar-refractivity contribution in [3.05, 3.63) is 35.4 Å². The van der Waals surface area contributed by atoms with E-state index < -0.39 is 0 Å². The maximum atomic E-state index is 12.3. The first kappa shape index (κ1) is 14.0. The highest BCUT2D eigenvalue weighted by atomic mass is 16.5. The molecule has 4 heteroatoms. The van der Waals surface area contributed by atoms with Gasteiger partial charge in [0.2, 0.25) is 0 Å². The number of carbonyl (C=O) groups is 1. The van der Waals surface area contributed by atoms with Gasteiger partial charge in [-0.2, -0.15) is 0 Å². The van der Waals surface area contributed by atoms with Crippen LogP contribution in [0.15, 0.2) is 24.3 Å². The normalized spacial score (nSPS) is 16.3. The van der Waals surface area contributed by atoms with E-state index in [-0.39, 0.29) is 5.91 Å². The summed E-state index contributed by atoms with van der Waals surface area (Å²) in [5.41, 5.74) is 7.32. The number of nitrogens with two attached hydrogens (primary N) is 1. The number of hydrogen-bond acceptors (Lipinski definition) is 3. The third kappa shape index (κ3) is 3.78. The molecule has 0 aliphatic carbocycles. The van der Waals surface area contributed by atoms with Gasteiger partial charge in [0.15, 0.2) is 0 Å². The van der Waals surface area contributed by atoms with E-state index in [9.17, 15) is 4.79 Å². The number of hydrogen-bond donors (Lipinski definition) is 1. The fraction of sp³-hybridized carbons (Fsp3) is 0.533. The van der Waals surface area contributed by atoms with Gasteiger partial charge in [-0.25, -0.2) is 0 Å². The molecule has 1 aromatic carbocycles. The summed E-state index contributed by atoms with van der Waals surface area (Å²) in [4.78, 5) is 14.2. The van der Waals surface area contributed by atoms with Crippen molar-refractivity contribution in [1.29, 1.82) is 0 Å². The second kappa shape index (κ2) is 6.68.